The topological polar surface area (TPSA) is 64.1 Å². The number of likely N-dealkylation sites (tertiary alicyclic amines) is 1. The van der Waals surface area contributed by atoms with Crippen LogP contribution in [0.5, 0.6) is 0 Å². The first kappa shape index (κ1) is 24.3. The third-order valence-electron chi connectivity index (χ3n) is 7.44. The van der Waals surface area contributed by atoms with Crippen LogP contribution in [0.4, 0.5) is 5.69 Å². The molecule has 1 atom stereocenters. The molecule has 0 spiro atoms. The van der Waals surface area contributed by atoms with Crippen LogP contribution in [0, 0.1) is 11.8 Å². The maximum absolute atomic E-state index is 12.7. The van der Waals surface area contributed by atoms with Crippen LogP contribution in [0.3, 0.4) is 0 Å². The van der Waals surface area contributed by atoms with Gasteiger partial charge >= 0.3 is 0 Å². The molecule has 0 aromatic heterocycles. The molecular weight excluding hydrogens is 426 g/mol. The lowest BCUT2D eigenvalue weighted by Gasteiger charge is -2.38. The summed E-state index contributed by atoms with van der Waals surface area (Å²) in [6, 6.07) is 17.2. The number of benzene rings is 2. The molecule has 182 valence electrons. The van der Waals surface area contributed by atoms with Crippen molar-refractivity contribution in [2.24, 2.45) is 11.8 Å². The molecule has 2 aromatic carbocycles. The Morgan fingerprint density at radius 2 is 1.44 bits per heavy atom. The van der Waals surface area contributed by atoms with Gasteiger partial charge in [0.05, 0.1) is 0 Å². The smallest absolute Gasteiger partial charge is 0.256 e. The second-order valence-electron chi connectivity index (χ2n) is 9.99. The molecule has 2 saturated heterocycles. The molecule has 6 heteroatoms. The summed E-state index contributed by atoms with van der Waals surface area (Å²) in [4.78, 5) is 30.7. The van der Waals surface area contributed by atoms with Gasteiger partial charge in [0.2, 0.25) is 0 Å². The Hall–Kier alpha value is -2.86. The minimum atomic E-state index is -1.06. The molecule has 1 N–H and O–H groups in total. The minimum absolute atomic E-state index is 0.0348. The van der Waals surface area contributed by atoms with E-state index in [2.05, 4.69) is 17.0 Å². The molecule has 0 aliphatic carbocycles. The minimum Gasteiger partial charge on any atom is -0.378 e. The first-order valence-corrected chi connectivity index (χ1v) is 12.5. The van der Waals surface area contributed by atoms with Gasteiger partial charge in [0.25, 0.3) is 11.8 Å². The SMILES string of the molecule is CN(C)C(=O)c1ccc(N2CCC(CC3CCN(C(=O)C(O)c4ccccc4)CC3)CC2)cc1. The van der Waals surface area contributed by atoms with Gasteiger partial charge in [0.1, 0.15) is 0 Å². The molecule has 6 nitrogen and oxygen atoms in total. The highest BCUT2D eigenvalue weighted by Crippen LogP contribution is 2.32. The average Bonchev–Trinajstić information content (AvgIpc) is 2.89. The van der Waals surface area contributed by atoms with Gasteiger partial charge in [-0.05, 0) is 73.8 Å². The van der Waals surface area contributed by atoms with Crippen molar-refractivity contribution in [1.29, 1.82) is 0 Å². The van der Waals surface area contributed by atoms with E-state index >= 15 is 0 Å². The van der Waals surface area contributed by atoms with E-state index in [1.165, 1.54) is 24.9 Å². The predicted octanol–water partition coefficient (Wildman–Crippen LogP) is 3.97. The largest absolute Gasteiger partial charge is 0.378 e. The number of carbonyl (C=O) groups is 2. The summed E-state index contributed by atoms with van der Waals surface area (Å²) >= 11 is 0. The molecule has 2 aromatic rings. The number of aliphatic hydroxyl groups is 1. The van der Waals surface area contributed by atoms with E-state index in [1.807, 2.05) is 35.2 Å². The van der Waals surface area contributed by atoms with E-state index in [0.29, 0.717) is 11.5 Å². The molecular formula is C28H37N3O3. The Balaban J connectivity index is 1.20. The van der Waals surface area contributed by atoms with Crippen LogP contribution in [-0.4, -0.2) is 67.0 Å². The molecule has 0 saturated carbocycles. The van der Waals surface area contributed by atoms with Crippen molar-refractivity contribution in [3.05, 3.63) is 65.7 Å². The summed E-state index contributed by atoms with van der Waals surface area (Å²) in [6.07, 6.45) is 4.59. The normalized spacial score (nSPS) is 18.6. The Bertz CT molecular complexity index is 945. The first-order chi connectivity index (χ1) is 16.4. The average molecular weight is 464 g/mol. The Kier molecular flexibility index (Phi) is 7.88. The van der Waals surface area contributed by atoms with Gasteiger partial charge in [-0.25, -0.2) is 0 Å². The number of piperidine rings is 2. The van der Waals surface area contributed by atoms with Crippen LogP contribution in [0.15, 0.2) is 54.6 Å². The number of rotatable bonds is 6. The van der Waals surface area contributed by atoms with Crippen LogP contribution in [0.1, 0.15) is 54.1 Å². The van der Waals surface area contributed by atoms with Gasteiger partial charge in [-0.1, -0.05) is 30.3 Å². The predicted molar refractivity (Wildman–Crippen MR) is 135 cm³/mol. The van der Waals surface area contributed by atoms with E-state index in [9.17, 15) is 14.7 Å². The van der Waals surface area contributed by atoms with Gasteiger partial charge in [0, 0.05) is 51.5 Å². The molecule has 1 unspecified atom stereocenters. The Labute approximate surface area is 203 Å². The van der Waals surface area contributed by atoms with Crippen LogP contribution >= 0.6 is 0 Å². The number of aliphatic hydroxyl groups excluding tert-OH is 1. The third-order valence-corrected chi connectivity index (χ3v) is 7.44. The van der Waals surface area contributed by atoms with E-state index < -0.39 is 6.10 Å². The lowest BCUT2D eigenvalue weighted by Crippen LogP contribution is -2.42. The van der Waals surface area contributed by atoms with Crippen molar-refractivity contribution >= 4 is 17.5 Å². The van der Waals surface area contributed by atoms with E-state index in [4.69, 9.17) is 0 Å². The third kappa shape index (κ3) is 5.79. The summed E-state index contributed by atoms with van der Waals surface area (Å²) in [7, 11) is 3.55. The number of carbonyl (C=O) groups excluding carboxylic acids is 2. The fraction of sp³-hybridized carbons (Fsp3) is 0.500. The van der Waals surface area contributed by atoms with Crippen molar-refractivity contribution in [2.45, 2.75) is 38.2 Å². The number of amides is 2. The quantitative estimate of drug-likeness (QED) is 0.704. The van der Waals surface area contributed by atoms with E-state index in [-0.39, 0.29) is 11.8 Å². The Morgan fingerprint density at radius 3 is 2.00 bits per heavy atom. The van der Waals surface area contributed by atoms with Crippen LogP contribution in [0.2, 0.25) is 0 Å². The summed E-state index contributed by atoms with van der Waals surface area (Å²) in [5.41, 5.74) is 2.59. The second kappa shape index (κ2) is 11.0. The van der Waals surface area contributed by atoms with Gasteiger partial charge < -0.3 is 19.8 Å². The lowest BCUT2D eigenvalue weighted by atomic mass is 9.82. The number of hydrogen-bond acceptors (Lipinski definition) is 4. The second-order valence-corrected chi connectivity index (χ2v) is 9.99. The number of hydrogen-bond donors (Lipinski definition) is 1. The maximum Gasteiger partial charge on any atom is 0.256 e. The fourth-order valence-corrected chi connectivity index (χ4v) is 5.31. The van der Waals surface area contributed by atoms with Crippen molar-refractivity contribution in [2.75, 3.05) is 45.2 Å². The summed E-state index contributed by atoms with van der Waals surface area (Å²) in [5, 5.41) is 10.4. The van der Waals surface area contributed by atoms with Crippen LogP contribution in [-0.2, 0) is 4.79 Å². The van der Waals surface area contributed by atoms with Crippen molar-refractivity contribution in [3.63, 3.8) is 0 Å². The van der Waals surface area contributed by atoms with E-state index in [0.717, 1.165) is 50.5 Å². The Morgan fingerprint density at radius 1 is 0.882 bits per heavy atom. The van der Waals surface area contributed by atoms with Gasteiger partial charge in [0.15, 0.2) is 6.10 Å². The summed E-state index contributed by atoms with van der Waals surface area (Å²) in [5.74, 6) is 1.25. The number of nitrogens with zero attached hydrogens (tertiary/aromatic N) is 3. The van der Waals surface area contributed by atoms with Gasteiger partial charge in [-0.3, -0.25) is 9.59 Å². The molecule has 2 aliphatic rings. The van der Waals surface area contributed by atoms with Crippen molar-refractivity contribution in [3.8, 4) is 0 Å². The molecule has 2 aliphatic heterocycles. The molecule has 0 bridgehead atoms. The molecule has 2 fully saturated rings. The van der Waals surface area contributed by atoms with Gasteiger partial charge in [-0.15, -0.1) is 0 Å². The summed E-state index contributed by atoms with van der Waals surface area (Å²) < 4.78 is 0. The highest BCUT2D eigenvalue weighted by Gasteiger charge is 2.30. The fourth-order valence-electron chi connectivity index (χ4n) is 5.31. The highest BCUT2D eigenvalue weighted by atomic mass is 16.3. The highest BCUT2D eigenvalue weighted by molar-refractivity contribution is 5.94. The zero-order valence-electron chi connectivity index (χ0n) is 20.4. The number of anilines is 1. The molecule has 4 rings (SSSR count). The monoisotopic (exact) mass is 463 g/mol. The van der Waals surface area contributed by atoms with Crippen LogP contribution in [0.25, 0.3) is 0 Å². The molecule has 2 amide bonds. The standard InChI is InChI=1S/C28H37N3O3/c1-29(2)27(33)24-8-10-25(11-9-24)30-16-12-21(13-17-30)20-22-14-18-31(19-15-22)28(34)26(32)23-6-4-3-5-7-23/h3-11,21-22,26,32H,12-20H2,1-2H3. The lowest BCUT2D eigenvalue weighted by molar-refractivity contribution is -0.142. The summed E-state index contributed by atoms with van der Waals surface area (Å²) in [6.45, 7) is 3.58. The maximum atomic E-state index is 12.7. The van der Waals surface area contributed by atoms with Crippen LogP contribution < -0.4 is 4.90 Å². The zero-order valence-corrected chi connectivity index (χ0v) is 20.4. The molecule has 34 heavy (non-hydrogen) atoms. The first-order valence-electron chi connectivity index (χ1n) is 12.5. The molecule has 0 radical (unpaired) electrons. The van der Waals surface area contributed by atoms with E-state index in [1.54, 1.807) is 31.1 Å². The zero-order chi connectivity index (χ0) is 24.1. The van der Waals surface area contributed by atoms with Crippen molar-refractivity contribution in [1.82, 2.24) is 9.80 Å². The van der Waals surface area contributed by atoms with Gasteiger partial charge in [-0.2, -0.15) is 0 Å². The molecule has 2 heterocycles. The van der Waals surface area contributed by atoms with Crippen molar-refractivity contribution < 1.29 is 14.7 Å².